The highest BCUT2D eigenvalue weighted by Crippen LogP contribution is 2.24. The van der Waals surface area contributed by atoms with E-state index in [0.29, 0.717) is 17.1 Å². The van der Waals surface area contributed by atoms with Gasteiger partial charge in [-0.25, -0.2) is 22.5 Å². The molecule has 0 aliphatic heterocycles. The van der Waals surface area contributed by atoms with Crippen molar-refractivity contribution in [3.05, 3.63) is 66.4 Å². The first-order chi connectivity index (χ1) is 14.5. The second-order valence-electron chi connectivity index (χ2n) is 8.03. The molecule has 2 aromatic carbocycles. The van der Waals surface area contributed by atoms with Crippen molar-refractivity contribution in [2.24, 2.45) is 0 Å². The fraction of sp³-hybridized carbons (Fsp3) is 0.273. The maximum Gasteiger partial charge on any atom is 0.241 e. The zero-order valence-electron chi connectivity index (χ0n) is 17.5. The largest absolute Gasteiger partial charge is 0.441 e. The Labute approximate surface area is 180 Å². The number of nitrogens with zero attached hydrogens (tertiary/aromatic N) is 1. The number of oxazole rings is 1. The van der Waals surface area contributed by atoms with Crippen LogP contribution in [0.3, 0.4) is 0 Å². The number of anilines is 1. The predicted molar refractivity (Wildman–Crippen MR) is 115 cm³/mol. The smallest absolute Gasteiger partial charge is 0.241 e. The third-order valence-corrected chi connectivity index (χ3v) is 5.88. The summed E-state index contributed by atoms with van der Waals surface area (Å²) in [5, 5.41) is 2.67. The summed E-state index contributed by atoms with van der Waals surface area (Å²) in [5.41, 5.74) is 0.0316. The van der Waals surface area contributed by atoms with Gasteiger partial charge >= 0.3 is 0 Å². The molecule has 0 bridgehead atoms. The maximum absolute atomic E-state index is 13.8. The van der Waals surface area contributed by atoms with Crippen LogP contribution < -0.4 is 10.0 Å². The van der Waals surface area contributed by atoms with E-state index in [9.17, 15) is 17.6 Å². The van der Waals surface area contributed by atoms with Crippen molar-refractivity contribution in [1.29, 1.82) is 0 Å². The van der Waals surface area contributed by atoms with Gasteiger partial charge in [-0.3, -0.25) is 4.79 Å². The molecule has 0 atom stereocenters. The number of sulfonamides is 1. The number of carbonyl (C=O) groups is 1. The van der Waals surface area contributed by atoms with Gasteiger partial charge in [0.25, 0.3) is 0 Å². The van der Waals surface area contributed by atoms with Crippen molar-refractivity contribution < 1.29 is 22.0 Å². The summed E-state index contributed by atoms with van der Waals surface area (Å²) in [4.78, 5) is 16.5. The van der Waals surface area contributed by atoms with Crippen molar-refractivity contribution in [2.75, 3.05) is 5.32 Å². The molecule has 0 saturated heterocycles. The fourth-order valence-electron chi connectivity index (χ4n) is 2.86. The monoisotopic (exact) mass is 445 g/mol. The molecule has 0 spiro atoms. The van der Waals surface area contributed by atoms with Crippen LogP contribution >= 0.6 is 0 Å². The summed E-state index contributed by atoms with van der Waals surface area (Å²) >= 11 is 0. The molecular formula is C22H24FN3O4S. The van der Waals surface area contributed by atoms with Gasteiger partial charge in [0.2, 0.25) is 15.9 Å². The number of hydrogen-bond acceptors (Lipinski definition) is 5. The Morgan fingerprint density at radius 2 is 1.87 bits per heavy atom. The molecule has 0 aliphatic rings. The molecule has 1 aromatic heterocycles. The Kier molecular flexibility index (Phi) is 6.56. The van der Waals surface area contributed by atoms with Crippen LogP contribution in [0.15, 0.2) is 64.0 Å². The first-order valence-electron chi connectivity index (χ1n) is 9.67. The van der Waals surface area contributed by atoms with Gasteiger partial charge in [0, 0.05) is 24.1 Å². The molecule has 31 heavy (non-hydrogen) atoms. The van der Waals surface area contributed by atoms with E-state index < -0.39 is 21.4 Å². The summed E-state index contributed by atoms with van der Waals surface area (Å²) < 4.78 is 46.9. The van der Waals surface area contributed by atoms with E-state index in [2.05, 4.69) is 15.0 Å². The second kappa shape index (κ2) is 8.99. The van der Waals surface area contributed by atoms with E-state index in [1.165, 1.54) is 24.4 Å². The van der Waals surface area contributed by atoms with Gasteiger partial charge in [-0.1, -0.05) is 18.2 Å². The lowest BCUT2D eigenvalue weighted by Crippen LogP contribution is -2.40. The summed E-state index contributed by atoms with van der Waals surface area (Å²) in [6, 6.07) is 12.2. The quantitative estimate of drug-likeness (QED) is 0.569. The highest BCUT2D eigenvalue weighted by molar-refractivity contribution is 7.89. The van der Waals surface area contributed by atoms with Crippen LogP contribution in [0.25, 0.3) is 11.3 Å². The number of aromatic nitrogens is 1. The number of rotatable bonds is 7. The van der Waals surface area contributed by atoms with Crippen LogP contribution in [0.4, 0.5) is 10.1 Å². The van der Waals surface area contributed by atoms with Crippen LogP contribution in [-0.2, 0) is 21.2 Å². The number of halogens is 1. The summed E-state index contributed by atoms with van der Waals surface area (Å²) in [5.74, 6) is -0.153. The summed E-state index contributed by atoms with van der Waals surface area (Å²) in [6.07, 6.45) is 1.69. The minimum absolute atomic E-state index is 0.0578. The van der Waals surface area contributed by atoms with Gasteiger partial charge in [0.15, 0.2) is 11.7 Å². The molecule has 1 heterocycles. The second-order valence-corrected chi connectivity index (χ2v) is 9.71. The van der Waals surface area contributed by atoms with Gasteiger partial charge in [-0.15, -0.1) is 0 Å². The van der Waals surface area contributed by atoms with E-state index in [4.69, 9.17) is 4.42 Å². The van der Waals surface area contributed by atoms with E-state index in [-0.39, 0.29) is 29.4 Å². The molecule has 0 saturated carbocycles. The minimum Gasteiger partial charge on any atom is -0.441 e. The molecular weight excluding hydrogens is 421 g/mol. The first-order valence-corrected chi connectivity index (χ1v) is 11.2. The highest BCUT2D eigenvalue weighted by atomic mass is 32.2. The minimum atomic E-state index is -3.72. The highest BCUT2D eigenvalue weighted by Gasteiger charge is 2.22. The molecule has 0 radical (unpaired) electrons. The number of aryl methyl sites for hydroxylation is 1. The molecule has 164 valence electrons. The predicted octanol–water partition coefficient (Wildman–Crippen LogP) is 4.13. The molecule has 7 nitrogen and oxygen atoms in total. The third-order valence-electron chi connectivity index (χ3n) is 4.13. The lowest BCUT2D eigenvalue weighted by Gasteiger charge is -2.20. The average molecular weight is 446 g/mol. The summed E-state index contributed by atoms with van der Waals surface area (Å²) in [7, 11) is -3.72. The Hall–Kier alpha value is -3.04. The first kappa shape index (κ1) is 22.6. The van der Waals surface area contributed by atoms with Crippen LogP contribution in [0, 0.1) is 5.82 Å². The molecule has 0 fully saturated rings. The van der Waals surface area contributed by atoms with Gasteiger partial charge in [-0.2, -0.15) is 0 Å². The molecule has 3 aromatic rings. The van der Waals surface area contributed by atoms with Gasteiger partial charge in [0.1, 0.15) is 5.82 Å². The number of hydrogen-bond donors (Lipinski definition) is 2. The zero-order valence-corrected chi connectivity index (χ0v) is 18.3. The fourth-order valence-corrected chi connectivity index (χ4v) is 4.32. The average Bonchev–Trinajstić information content (AvgIpc) is 3.14. The summed E-state index contributed by atoms with van der Waals surface area (Å²) in [6.45, 7) is 5.24. The van der Waals surface area contributed by atoms with E-state index >= 15 is 0 Å². The number of carbonyl (C=O) groups excluding carboxylic acids is 1. The lowest BCUT2D eigenvalue weighted by atomic mass is 10.1. The van der Waals surface area contributed by atoms with Crippen LogP contribution in [0.5, 0.6) is 0 Å². The maximum atomic E-state index is 13.8. The van der Waals surface area contributed by atoms with Crippen molar-refractivity contribution in [3.8, 4) is 11.3 Å². The molecule has 0 unspecified atom stereocenters. The Morgan fingerprint density at radius 3 is 2.58 bits per heavy atom. The van der Waals surface area contributed by atoms with Crippen LogP contribution in [-0.4, -0.2) is 24.8 Å². The third kappa shape index (κ3) is 6.22. The molecule has 9 heteroatoms. The number of amides is 1. The van der Waals surface area contributed by atoms with Crippen molar-refractivity contribution >= 4 is 21.6 Å². The number of benzene rings is 2. The SMILES string of the molecule is CC(C)(C)NS(=O)(=O)c1cccc(NC(=O)CCc2ncc(-c3ccccc3F)o2)c1. The number of nitrogens with one attached hydrogen (secondary N) is 2. The molecule has 3 rings (SSSR count). The Balaban J connectivity index is 1.61. The molecule has 0 aliphatic carbocycles. The van der Waals surface area contributed by atoms with E-state index in [1.54, 1.807) is 51.1 Å². The van der Waals surface area contributed by atoms with Gasteiger partial charge in [0.05, 0.1) is 16.7 Å². The normalized spacial score (nSPS) is 12.0. The van der Waals surface area contributed by atoms with Crippen LogP contribution in [0.2, 0.25) is 0 Å². The van der Waals surface area contributed by atoms with Crippen molar-refractivity contribution in [1.82, 2.24) is 9.71 Å². The van der Waals surface area contributed by atoms with Crippen molar-refractivity contribution in [2.45, 2.75) is 44.0 Å². The van der Waals surface area contributed by atoms with Crippen molar-refractivity contribution in [3.63, 3.8) is 0 Å². The topological polar surface area (TPSA) is 101 Å². The Bertz CT molecular complexity index is 1180. The zero-order chi connectivity index (χ0) is 22.6. The van der Waals surface area contributed by atoms with E-state index in [1.807, 2.05) is 0 Å². The standard InChI is InChI=1S/C22H24FN3O4S/c1-22(2,3)26-31(28,29)16-8-6-7-15(13-16)25-20(27)11-12-21-24-14-19(30-21)17-9-4-5-10-18(17)23/h4-10,13-14,26H,11-12H2,1-3H3,(H,25,27). The van der Waals surface area contributed by atoms with Gasteiger partial charge in [-0.05, 0) is 51.1 Å². The molecule has 1 amide bonds. The Morgan fingerprint density at radius 1 is 1.13 bits per heavy atom. The van der Waals surface area contributed by atoms with Gasteiger partial charge < -0.3 is 9.73 Å². The lowest BCUT2D eigenvalue weighted by molar-refractivity contribution is -0.116. The molecule has 2 N–H and O–H groups in total. The van der Waals surface area contributed by atoms with Crippen LogP contribution in [0.1, 0.15) is 33.1 Å². The van der Waals surface area contributed by atoms with E-state index in [0.717, 1.165) is 0 Å².